The molecule has 1 aromatic carbocycles. The van der Waals surface area contributed by atoms with E-state index < -0.39 is 0 Å². The van der Waals surface area contributed by atoms with Gasteiger partial charge in [0.2, 0.25) is 0 Å². The highest BCUT2D eigenvalue weighted by Gasteiger charge is 2.11. The Morgan fingerprint density at radius 2 is 1.83 bits per heavy atom. The molecule has 2 rings (SSSR count). The number of nitrogens with zero attached hydrogens (tertiary/aromatic N) is 2. The summed E-state index contributed by atoms with van der Waals surface area (Å²) in [5.41, 5.74) is 12.8. The van der Waals surface area contributed by atoms with Gasteiger partial charge in [0, 0.05) is 7.05 Å². The number of aromatic nitrogens is 1. The lowest BCUT2D eigenvalue weighted by Gasteiger charge is -2.21. The minimum absolute atomic E-state index is 0.328. The largest absolute Gasteiger partial charge is 0.495 e. The Morgan fingerprint density at radius 3 is 2.50 bits per heavy atom. The van der Waals surface area contributed by atoms with Gasteiger partial charge in [-0.15, -0.1) is 0 Å². The third-order valence-corrected chi connectivity index (χ3v) is 2.73. The first-order valence-electron chi connectivity index (χ1n) is 5.52. The van der Waals surface area contributed by atoms with E-state index in [0.717, 1.165) is 11.4 Å². The number of hydrogen-bond acceptors (Lipinski definition) is 5. The summed E-state index contributed by atoms with van der Waals surface area (Å²) in [4.78, 5) is 6.15. The Morgan fingerprint density at radius 1 is 1.11 bits per heavy atom. The van der Waals surface area contributed by atoms with Crippen LogP contribution in [0, 0.1) is 0 Å². The molecule has 0 bridgehead atoms. The maximum atomic E-state index is 5.71. The zero-order chi connectivity index (χ0) is 13.1. The molecule has 0 aliphatic carbocycles. The van der Waals surface area contributed by atoms with Gasteiger partial charge in [0.15, 0.2) is 0 Å². The number of rotatable bonds is 3. The third kappa shape index (κ3) is 2.15. The molecule has 1 heterocycles. The van der Waals surface area contributed by atoms with Gasteiger partial charge in [0.05, 0.1) is 18.5 Å². The van der Waals surface area contributed by atoms with E-state index in [-0.39, 0.29) is 0 Å². The lowest BCUT2D eigenvalue weighted by Crippen LogP contribution is -2.13. The Labute approximate surface area is 106 Å². The molecule has 0 aliphatic heterocycles. The monoisotopic (exact) mass is 244 g/mol. The minimum atomic E-state index is 0.328. The van der Waals surface area contributed by atoms with Crippen LogP contribution >= 0.6 is 0 Å². The van der Waals surface area contributed by atoms with Gasteiger partial charge < -0.3 is 21.1 Å². The number of para-hydroxylation sites is 2. The molecule has 0 unspecified atom stereocenters. The lowest BCUT2D eigenvalue weighted by molar-refractivity contribution is 0.415. The number of pyridine rings is 1. The van der Waals surface area contributed by atoms with Crippen molar-refractivity contribution in [1.82, 2.24) is 4.98 Å². The summed E-state index contributed by atoms with van der Waals surface area (Å²) in [5.74, 6) is 1.82. The predicted octanol–water partition coefficient (Wildman–Crippen LogP) is 2.02. The van der Waals surface area contributed by atoms with Crippen molar-refractivity contribution in [2.24, 2.45) is 0 Å². The van der Waals surface area contributed by atoms with E-state index in [0.29, 0.717) is 17.3 Å². The summed E-state index contributed by atoms with van der Waals surface area (Å²) in [7, 11) is 3.53. The number of nitrogens with two attached hydrogens (primary N) is 2. The molecule has 18 heavy (non-hydrogen) atoms. The number of nitrogen functional groups attached to an aromatic ring is 2. The van der Waals surface area contributed by atoms with Gasteiger partial charge >= 0.3 is 0 Å². The van der Waals surface area contributed by atoms with Crippen molar-refractivity contribution in [2.75, 3.05) is 30.5 Å². The number of hydrogen-bond donors (Lipinski definition) is 2. The first kappa shape index (κ1) is 12.0. The molecule has 5 heteroatoms. The molecule has 0 atom stereocenters. The van der Waals surface area contributed by atoms with Gasteiger partial charge in [-0.2, -0.15) is 0 Å². The average molecular weight is 244 g/mol. The van der Waals surface area contributed by atoms with Crippen LogP contribution in [0.1, 0.15) is 0 Å². The normalized spacial score (nSPS) is 10.1. The van der Waals surface area contributed by atoms with Crippen molar-refractivity contribution in [3.63, 3.8) is 0 Å². The zero-order valence-electron chi connectivity index (χ0n) is 10.4. The van der Waals surface area contributed by atoms with Gasteiger partial charge in [-0.25, -0.2) is 4.98 Å². The zero-order valence-corrected chi connectivity index (χ0v) is 10.4. The second-order valence-electron chi connectivity index (χ2n) is 3.87. The van der Waals surface area contributed by atoms with Gasteiger partial charge in [0.25, 0.3) is 0 Å². The molecule has 0 spiro atoms. The van der Waals surface area contributed by atoms with Crippen LogP contribution in [0.2, 0.25) is 0 Å². The molecule has 0 fully saturated rings. The van der Waals surface area contributed by atoms with E-state index in [2.05, 4.69) is 4.98 Å². The minimum Gasteiger partial charge on any atom is -0.495 e. The van der Waals surface area contributed by atoms with E-state index in [9.17, 15) is 0 Å². The van der Waals surface area contributed by atoms with Gasteiger partial charge in [0.1, 0.15) is 17.4 Å². The maximum Gasteiger partial charge on any atom is 0.149 e. The molecular weight excluding hydrogens is 228 g/mol. The standard InChI is InChI=1S/C13H16N4O/c1-17(10-5-3-4-6-11(10)18-2)12-8-7-9(14)13(15)16-12/h3-8H,14H2,1-2H3,(H2,15,16). The topological polar surface area (TPSA) is 77.4 Å². The second-order valence-corrected chi connectivity index (χ2v) is 3.87. The fourth-order valence-corrected chi connectivity index (χ4v) is 1.69. The highest BCUT2D eigenvalue weighted by Crippen LogP contribution is 2.31. The molecule has 0 saturated heterocycles. The van der Waals surface area contributed by atoms with Crippen LogP contribution in [-0.2, 0) is 0 Å². The Bertz CT molecular complexity index is 556. The molecule has 5 nitrogen and oxygen atoms in total. The smallest absolute Gasteiger partial charge is 0.149 e. The quantitative estimate of drug-likeness (QED) is 0.863. The van der Waals surface area contributed by atoms with Gasteiger partial charge in [-0.3, -0.25) is 0 Å². The van der Waals surface area contributed by atoms with Crippen LogP contribution in [0.25, 0.3) is 0 Å². The van der Waals surface area contributed by atoms with Crippen LogP contribution in [0.4, 0.5) is 23.0 Å². The van der Waals surface area contributed by atoms with Crippen LogP contribution in [-0.4, -0.2) is 19.1 Å². The second kappa shape index (κ2) is 4.83. The Balaban J connectivity index is 2.41. The summed E-state index contributed by atoms with van der Waals surface area (Å²) >= 11 is 0. The summed E-state index contributed by atoms with van der Waals surface area (Å²) in [6.07, 6.45) is 0. The lowest BCUT2D eigenvalue weighted by atomic mass is 10.2. The van der Waals surface area contributed by atoms with E-state index in [1.165, 1.54) is 0 Å². The van der Waals surface area contributed by atoms with Gasteiger partial charge in [-0.1, -0.05) is 12.1 Å². The van der Waals surface area contributed by atoms with Crippen molar-refractivity contribution in [3.05, 3.63) is 36.4 Å². The maximum absolute atomic E-state index is 5.71. The SMILES string of the molecule is COc1ccccc1N(C)c1ccc(N)c(N)n1. The molecular formula is C13H16N4O. The van der Waals surface area contributed by atoms with Crippen molar-refractivity contribution in [2.45, 2.75) is 0 Å². The van der Waals surface area contributed by atoms with E-state index in [1.54, 1.807) is 13.2 Å². The molecule has 0 saturated carbocycles. The third-order valence-electron chi connectivity index (χ3n) is 2.73. The molecule has 0 aliphatic rings. The number of methoxy groups -OCH3 is 1. The Kier molecular flexibility index (Phi) is 3.23. The van der Waals surface area contributed by atoms with E-state index in [4.69, 9.17) is 16.2 Å². The molecule has 1 aromatic heterocycles. The number of anilines is 4. The van der Waals surface area contributed by atoms with Gasteiger partial charge in [-0.05, 0) is 24.3 Å². The van der Waals surface area contributed by atoms with E-state index >= 15 is 0 Å². The van der Waals surface area contributed by atoms with Crippen LogP contribution < -0.4 is 21.1 Å². The average Bonchev–Trinajstić information content (AvgIpc) is 2.41. The molecule has 94 valence electrons. The van der Waals surface area contributed by atoms with Crippen molar-refractivity contribution < 1.29 is 4.74 Å². The Hall–Kier alpha value is -2.43. The number of benzene rings is 1. The van der Waals surface area contributed by atoms with Crippen LogP contribution in [0.5, 0.6) is 5.75 Å². The highest BCUT2D eigenvalue weighted by molar-refractivity contribution is 5.70. The van der Waals surface area contributed by atoms with Crippen molar-refractivity contribution in [1.29, 1.82) is 0 Å². The predicted molar refractivity (Wildman–Crippen MR) is 74.1 cm³/mol. The van der Waals surface area contributed by atoms with Crippen LogP contribution in [0.15, 0.2) is 36.4 Å². The number of ether oxygens (including phenoxy) is 1. The summed E-state index contributed by atoms with van der Waals surface area (Å²) in [6, 6.07) is 11.3. The summed E-state index contributed by atoms with van der Waals surface area (Å²) in [6.45, 7) is 0. The molecule has 0 amide bonds. The summed E-state index contributed by atoms with van der Waals surface area (Å²) < 4.78 is 5.32. The molecule has 4 N–H and O–H groups in total. The molecule has 0 radical (unpaired) electrons. The highest BCUT2D eigenvalue weighted by atomic mass is 16.5. The molecule has 2 aromatic rings. The van der Waals surface area contributed by atoms with Crippen LogP contribution in [0.3, 0.4) is 0 Å². The first-order chi connectivity index (χ1) is 8.63. The van der Waals surface area contributed by atoms with E-state index in [1.807, 2.05) is 42.3 Å². The fourth-order valence-electron chi connectivity index (χ4n) is 1.69. The fraction of sp³-hybridized carbons (Fsp3) is 0.154. The first-order valence-corrected chi connectivity index (χ1v) is 5.52. The van der Waals surface area contributed by atoms with Crippen molar-refractivity contribution in [3.8, 4) is 5.75 Å². The summed E-state index contributed by atoms with van der Waals surface area (Å²) in [5, 5.41) is 0. The van der Waals surface area contributed by atoms with Crippen molar-refractivity contribution >= 4 is 23.0 Å².